The molecule has 86 valence electrons. The molecule has 0 atom stereocenters. The molecule has 1 aromatic carbocycles. The molecule has 0 aromatic heterocycles. The number of carboxylic acids is 1. The number of aryl methyl sites for hydroxylation is 1. The van der Waals surface area contributed by atoms with Crippen molar-refractivity contribution in [2.24, 2.45) is 11.8 Å². The van der Waals surface area contributed by atoms with Crippen LogP contribution in [0, 0.1) is 18.8 Å². The lowest BCUT2D eigenvalue weighted by Gasteiger charge is -2.46. The zero-order chi connectivity index (χ0) is 11.5. The van der Waals surface area contributed by atoms with Gasteiger partial charge in [0.15, 0.2) is 0 Å². The fourth-order valence-corrected chi connectivity index (χ4v) is 2.38. The number of fused-ring (bicyclic) bond motifs is 1. The Kier molecular flexibility index (Phi) is 3.28. The molecule has 0 spiro atoms. The van der Waals surface area contributed by atoms with Crippen molar-refractivity contribution in [2.75, 3.05) is 0 Å². The predicted octanol–water partition coefficient (Wildman–Crippen LogP) is 3.50. The minimum Gasteiger partial charge on any atom is -0.478 e. The largest absolute Gasteiger partial charge is 0.478 e. The van der Waals surface area contributed by atoms with Crippen LogP contribution in [-0.4, -0.2) is 11.1 Å². The summed E-state index contributed by atoms with van der Waals surface area (Å²) >= 11 is 0. The van der Waals surface area contributed by atoms with Crippen LogP contribution in [0.4, 0.5) is 0 Å². The van der Waals surface area contributed by atoms with Gasteiger partial charge in [0.25, 0.3) is 0 Å². The van der Waals surface area contributed by atoms with E-state index < -0.39 is 5.97 Å². The lowest BCUT2D eigenvalue weighted by Crippen LogP contribution is -2.34. The van der Waals surface area contributed by atoms with Gasteiger partial charge in [-0.15, -0.1) is 0 Å². The zero-order valence-electron chi connectivity index (χ0n) is 9.65. The van der Waals surface area contributed by atoms with E-state index in [1.54, 1.807) is 50.8 Å². The Morgan fingerprint density at radius 3 is 1.88 bits per heavy atom. The van der Waals surface area contributed by atoms with Gasteiger partial charge in [0, 0.05) is 0 Å². The summed E-state index contributed by atoms with van der Waals surface area (Å²) < 4.78 is 0. The van der Waals surface area contributed by atoms with E-state index in [2.05, 4.69) is 0 Å². The van der Waals surface area contributed by atoms with Gasteiger partial charge in [0.1, 0.15) is 0 Å². The van der Waals surface area contributed by atoms with Crippen LogP contribution >= 0.6 is 0 Å². The van der Waals surface area contributed by atoms with Crippen molar-refractivity contribution in [1.82, 2.24) is 0 Å². The quantitative estimate of drug-likeness (QED) is 0.783. The van der Waals surface area contributed by atoms with Gasteiger partial charge in [-0.1, -0.05) is 18.2 Å². The summed E-state index contributed by atoms with van der Waals surface area (Å²) in [6.07, 6.45) is 6.24. The number of carboxylic acid groups (broad SMARTS) is 1. The maximum absolute atomic E-state index is 10.4. The van der Waals surface area contributed by atoms with Gasteiger partial charge < -0.3 is 5.11 Å². The van der Waals surface area contributed by atoms with Crippen LogP contribution in [0.25, 0.3) is 0 Å². The zero-order valence-corrected chi connectivity index (χ0v) is 9.65. The molecule has 0 bridgehead atoms. The molecule has 16 heavy (non-hydrogen) atoms. The van der Waals surface area contributed by atoms with Crippen LogP contribution in [0.1, 0.15) is 41.6 Å². The molecular formula is C14H18O2. The summed E-state index contributed by atoms with van der Waals surface area (Å²) in [4.78, 5) is 10.4. The molecule has 2 nitrogen and oxygen atoms in total. The van der Waals surface area contributed by atoms with E-state index >= 15 is 0 Å². The smallest absolute Gasteiger partial charge is 0.335 e. The normalized spacial score (nSPS) is 25.3. The third-order valence-corrected chi connectivity index (χ3v) is 3.86. The highest BCUT2D eigenvalue weighted by Crippen LogP contribution is 2.49. The number of benzene rings is 1. The van der Waals surface area contributed by atoms with Crippen molar-refractivity contribution in [3.05, 3.63) is 35.4 Å². The lowest BCUT2D eigenvalue weighted by molar-refractivity contribution is 0.0548. The highest BCUT2D eigenvalue weighted by atomic mass is 16.4. The molecule has 2 aliphatic rings. The fraction of sp³-hybridized carbons (Fsp3) is 0.500. The standard InChI is InChI=1S/C8H8O2.C6H10/c1-6-4-2-3-5-7(6)8(9)10;1-2-6-4-3-5(1)6/h2-5H,1H3,(H,9,10);5-6H,1-4H2. The predicted molar refractivity (Wildman–Crippen MR) is 63.6 cm³/mol. The molecule has 2 heteroatoms. The van der Waals surface area contributed by atoms with Gasteiger partial charge in [0.05, 0.1) is 5.56 Å². The maximum Gasteiger partial charge on any atom is 0.335 e. The Labute approximate surface area is 96.3 Å². The van der Waals surface area contributed by atoms with Crippen molar-refractivity contribution in [1.29, 1.82) is 0 Å². The molecule has 2 aliphatic carbocycles. The van der Waals surface area contributed by atoms with E-state index in [1.165, 1.54) is 11.8 Å². The minimum absolute atomic E-state index is 0.377. The second-order valence-electron chi connectivity index (χ2n) is 4.79. The summed E-state index contributed by atoms with van der Waals surface area (Å²) in [5, 5.41) is 8.57. The average Bonchev–Trinajstić information content (AvgIpc) is 2.24. The minimum atomic E-state index is -0.863. The molecule has 2 fully saturated rings. The van der Waals surface area contributed by atoms with Crippen molar-refractivity contribution >= 4 is 5.97 Å². The van der Waals surface area contributed by atoms with Crippen molar-refractivity contribution < 1.29 is 9.90 Å². The first kappa shape index (κ1) is 11.2. The monoisotopic (exact) mass is 218 g/mol. The summed E-state index contributed by atoms with van der Waals surface area (Å²) in [7, 11) is 0. The Bertz CT molecular complexity index is 366. The second kappa shape index (κ2) is 4.69. The Balaban J connectivity index is 0.000000134. The van der Waals surface area contributed by atoms with Crippen molar-refractivity contribution in [3.63, 3.8) is 0 Å². The maximum atomic E-state index is 10.4. The summed E-state index contributed by atoms with van der Waals surface area (Å²) in [5.74, 6) is 1.56. The first-order chi connectivity index (χ1) is 7.68. The van der Waals surface area contributed by atoms with Crippen molar-refractivity contribution in [3.8, 4) is 0 Å². The van der Waals surface area contributed by atoms with Gasteiger partial charge in [0.2, 0.25) is 0 Å². The molecular weight excluding hydrogens is 200 g/mol. The van der Waals surface area contributed by atoms with Gasteiger partial charge in [-0.3, -0.25) is 0 Å². The number of hydrogen-bond donors (Lipinski definition) is 1. The van der Waals surface area contributed by atoms with Gasteiger partial charge in [-0.05, 0) is 56.1 Å². The van der Waals surface area contributed by atoms with Gasteiger partial charge in [-0.2, -0.15) is 0 Å². The summed E-state index contributed by atoms with van der Waals surface area (Å²) in [6.45, 7) is 1.78. The highest BCUT2D eigenvalue weighted by Gasteiger charge is 2.37. The molecule has 2 saturated carbocycles. The van der Waals surface area contributed by atoms with E-state index in [0.717, 1.165) is 5.56 Å². The van der Waals surface area contributed by atoms with Crippen molar-refractivity contribution in [2.45, 2.75) is 32.6 Å². The molecule has 3 rings (SSSR count). The number of hydrogen-bond acceptors (Lipinski definition) is 1. The van der Waals surface area contributed by atoms with Crippen LogP contribution in [0.15, 0.2) is 24.3 Å². The summed E-state index contributed by atoms with van der Waals surface area (Å²) in [6, 6.07) is 6.92. The SMILES string of the molecule is C1CC2CCC12.Cc1ccccc1C(=O)O. The average molecular weight is 218 g/mol. The van der Waals surface area contributed by atoms with E-state index in [0.29, 0.717) is 5.56 Å². The summed E-state index contributed by atoms with van der Waals surface area (Å²) in [5.41, 5.74) is 1.18. The number of rotatable bonds is 1. The third kappa shape index (κ3) is 2.26. The first-order valence-corrected chi connectivity index (χ1v) is 5.97. The molecule has 0 saturated heterocycles. The molecule has 0 unspecified atom stereocenters. The molecule has 0 radical (unpaired) electrons. The van der Waals surface area contributed by atoms with Crippen LogP contribution in [0.2, 0.25) is 0 Å². The Morgan fingerprint density at radius 2 is 1.62 bits per heavy atom. The van der Waals surface area contributed by atoms with E-state index in [-0.39, 0.29) is 0 Å². The van der Waals surface area contributed by atoms with Gasteiger partial charge in [-0.25, -0.2) is 4.79 Å². The number of carbonyl (C=O) groups is 1. The topological polar surface area (TPSA) is 37.3 Å². The van der Waals surface area contributed by atoms with E-state index in [9.17, 15) is 4.79 Å². The van der Waals surface area contributed by atoms with Crippen LogP contribution in [0.5, 0.6) is 0 Å². The highest BCUT2D eigenvalue weighted by molar-refractivity contribution is 5.89. The Hall–Kier alpha value is -1.31. The second-order valence-corrected chi connectivity index (χ2v) is 4.79. The van der Waals surface area contributed by atoms with E-state index in [4.69, 9.17) is 5.11 Å². The van der Waals surface area contributed by atoms with Crippen LogP contribution in [0.3, 0.4) is 0 Å². The van der Waals surface area contributed by atoms with Crippen LogP contribution < -0.4 is 0 Å². The fourth-order valence-electron chi connectivity index (χ4n) is 2.38. The van der Waals surface area contributed by atoms with Gasteiger partial charge >= 0.3 is 5.97 Å². The van der Waals surface area contributed by atoms with E-state index in [1.807, 2.05) is 6.07 Å². The molecule has 1 N–H and O–H groups in total. The Morgan fingerprint density at radius 1 is 1.12 bits per heavy atom. The van der Waals surface area contributed by atoms with Crippen LogP contribution in [-0.2, 0) is 0 Å². The molecule has 0 heterocycles. The third-order valence-electron chi connectivity index (χ3n) is 3.86. The molecule has 0 aliphatic heterocycles. The lowest BCUT2D eigenvalue weighted by atomic mass is 9.60. The molecule has 0 amide bonds. The first-order valence-electron chi connectivity index (χ1n) is 5.97. The molecule has 1 aromatic rings. The number of aromatic carboxylic acids is 1.